The van der Waals surface area contributed by atoms with Crippen molar-refractivity contribution < 1.29 is 4.74 Å². The maximum Gasteiger partial charge on any atom is 0.122 e. The van der Waals surface area contributed by atoms with Crippen LogP contribution in [0.5, 0.6) is 0 Å². The lowest BCUT2D eigenvalue weighted by Crippen LogP contribution is -2.50. The molecule has 14 heavy (non-hydrogen) atoms. The molecule has 1 atom stereocenters. The molecule has 1 saturated heterocycles. The Bertz CT molecular complexity index is 218. The predicted molar refractivity (Wildman–Crippen MR) is 53.8 cm³/mol. The molecule has 1 heterocycles. The first-order valence-corrected chi connectivity index (χ1v) is 5.65. The Labute approximate surface area is 85.6 Å². The Kier molecular flexibility index (Phi) is 3.39. The van der Waals surface area contributed by atoms with Crippen molar-refractivity contribution in [3.8, 4) is 6.07 Å². The molecule has 0 aromatic rings. The molecule has 78 valence electrons. The van der Waals surface area contributed by atoms with Gasteiger partial charge >= 0.3 is 0 Å². The Balaban J connectivity index is 1.95. The number of hydrogen-bond acceptors (Lipinski definition) is 3. The summed E-state index contributed by atoms with van der Waals surface area (Å²) in [6, 6.07) is 3.01. The lowest BCUT2D eigenvalue weighted by Gasteiger charge is -2.39. The maximum atomic E-state index is 9.02. The second kappa shape index (κ2) is 4.77. The maximum absolute atomic E-state index is 9.02. The standard InChI is InChI=1S/C11H18N2O/c12-8-11-9-14-7-6-13(11)10-4-2-1-3-5-10/h10-11H,1-7,9H2. The summed E-state index contributed by atoms with van der Waals surface area (Å²) in [7, 11) is 0. The van der Waals surface area contributed by atoms with Crippen LogP contribution < -0.4 is 0 Å². The third-order valence-corrected chi connectivity index (χ3v) is 3.36. The van der Waals surface area contributed by atoms with Gasteiger partial charge in [-0.05, 0) is 12.8 Å². The lowest BCUT2D eigenvalue weighted by atomic mass is 9.93. The molecule has 3 nitrogen and oxygen atoms in total. The van der Waals surface area contributed by atoms with Crippen molar-refractivity contribution in [2.75, 3.05) is 19.8 Å². The van der Waals surface area contributed by atoms with Gasteiger partial charge in [-0.2, -0.15) is 5.26 Å². The van der Waals surface area contributed by atoms with Crippen LogP contribution in [-0.4, -0.2) is 36.7 Å². The quantitative estimate of drug-likeness (QED) is 0.635. The molecule has 0 N–H and O–H groups in total. The molecule has 2 rings (SSSR count). The highest BCUT2D eigenvalue weighted by Gasteiger charge is 2.29. The zero-order valence-corrected chi connectivity index (χ0v) is 8.61. The molecule has 1 aliphatic carbocycles. The van der Waals surface area contributed by atoms with Crippen molar-refractivity contribution in [2.45, 2.75) is 44.2 Å². The van der Waals surface area contributed by atoms with E-state index >= 15 is 0 Å². The summed E-state index contributed by atoms with van der Waals surface area (Å²) in [5, 5.41) is 9.02. The van der Waals surface area contributed by atoms with E-state index in [-0.39, 0.29) is 6.04 Å². The van der Waals surface area contributed by atoms with E-state index in [0.717, 1.165) is 13.2 Å². The zero-order chi connectivity index (χ0) is 9.80. The Morgan fingerprint density at radius 1 is 1.21 bits per heavy atom. The summed E-state index contributed by atoms with van der Waals surface area (Å²) in [5.41, 5.74) is 0. The summed E-state index contributed by atoms with van der Waals surface area (Å²) in [5.74, 6) is 0. The van der Waals surface area contributed by atoms with E-state index < -0.39 is 0 Å². The predicted octanol–water partition coefficient (Wildman–Crippen LogP) is 1.54. The Hall–Kier alpha value is -0.590. The van der Waals surface area contributed by atoms with E-state index in [4.69, 9.17) is 10.00 Å². The van der Waals surface area contributed by atoms with Crippen molar-refractivity contribution in [1.82, 2.24) is 4.90 Å². The van der Waals surface area contributed by atoms with Crippen LogP contribution in [0.4, 0.5) is 0 Å². The topological polar surface area (TPSA) is 36.3 Å². The average molecular weight is 194 g/mol. The monoisotopic (exact) mass is 194 g/mol. The van der Waals surface area contributed by atoms with Gasteiger partial charge in [-0.3, -0.25) is 4.90 Å². The minimum absolute atomic E-state index is 0.00634. The molecule has 2 aliphatic rings. The van der Waals surface area contributed by atoms with Gasteiger partial charge in [0, 0.05) is 12.6 Å². The molecule has 0 radical (unpaired) electrons. The van der Waals surface area contributed by atoms with Gasteiger partial charge in [0.2, 0.25) is 0 Å². The molecule has 0 bridgehead atoms. The van der Waals surface area contributed by atoms with Crippen LogP contribution in [-0.2, 0) is 4.74 Å². The van der Waals surface area contributed by atoms with Crippen LogP contribution in [0, 0.1) is 11.3 Å². The average Bonchev–Trinajstić information content (AvgIpc) is 2.30. The zero-order valence-electron chi connectivity index (χ0n) is 8.61. The normalized spacial score (nSPS) is 31.2. The largest absolute Gasteiger partial charge is 0.377 e. The minimum Gasteiger partial charge on any atom is -0.377 e. The molecular weight excluding hydrogens is 176 g/mol. The van der Waals surface area contributed by atoms with E-state index in [2.05, 4.69) is 11.0 Å². The first-order chi connectivity index (χ1) is 6.92. The van der Waals surface area contributed by atoms with Gasteiger partial charge in [0.25, 0.3) is 0 Å². The summed E-state index contributed by atoms with van der Waals surface area (Å²) in [6.45, 7) is 2.35. The Morgan fingerprint density at radius 2 is 2.00 bits per heavy atom. The van der Waals surface area contributed by atoms with Crippen LogP contribution in [0.25, 0.3) is 0 Å². The van der Waals surface area contributed by atoms with Crippen molar-refractivity contribution in [3.63, 3.8) is 0 Å². The van der Waals surface area contributed by atoms with Gasteiger partial charge in [0.1, 0.15) is 6.04 Å². The van der Waals surface area contributed by atoms with Crippen molar-refractivity contribution >= 4 is 0 Å². The molecule has 2 fully saturated rings. The second-order valence-electron chi connectivity index (χ2n) is 4.25. The molecule has 3 heteroatoms. The highest BCUT2D eigenvalue weighted by Crippen LogP contribution is 2.25. The molecule has 0 amide bonds. The summed E-state index contributed by atoms with van der Waals surface area (Å²) < 4.78 is 5.33. The Morgan fingerprint density at radius 3 is 2.71 bits per heavy atom. The van der Waals surface area contributed by atoms with E-state index in [9.17, 15) is 0 Å². The van der Waals surface area contributed by atoms with Gasteiger partial charge in [-0.1, -0.05) is 19.3 Å². The van der Waals surface area contributed by atoms with E-state index in [1.807, 2.05) is 0 Å². The fraction of sp³-hybridized carbons (Fsp3) is 0.909. The second-order valence-corrected chi connectivity index (χ2v) is 4.25. The lowest BCUT2D eigenvalue weighted by molar-refractivity contribution is -0.0163. The number of ether oxygens (including phenoxy) is 1. The number of rotatable bonds is 1. The molecule has 1 saturated carbocycles. The number of morpholine rings is 1. The summed E-state index contributed by atoms with van der Waals surface area (Å²) in [6.07, 6.45) is 6.59. The smallest absolute Gasteiger partial charge is 0.122 e. The van der Waals surface area contributed by atoms with Gasteiger partial charge < -0.3 is 4.74 Å². The fourth-order valence-corrected chi connectivity index (χ4v) is 2.58. The highest BCUT2D eigenvalue weighted by molar-refractivity contribution is 4.96. The summed E-state index contributed by atoms with van der Waals surface area (Å²) in [4.78, 5) is 2.36. The fourth-order valence-electron chi connectivity index (χ4n) is 2.58. The molecule has 0 aromatic carbocycles. The van der Waals surface area contributed by atoms with Crippen molar-refractivity contribution in [2.24, 2.45) is 0 Å². The first-order valence-electron chi connectivity index (χ1n) is 5.65. The van der Waals surface area contributed by atoms with E-state index in [1.54, 1.807) is 0 Å². The molecular formula is C11H18N2O. The van der Waals surface area contributed by atoms with Crippen LogP contribution in [0.2, 0.25) is 0 Å². The van der Waals surface area contributed by atoms with Crippen molar-refractivity contribution in [3.05, 3.63) is 0 Å². The molecule has 0 spiro atoms. The molecule has 1 aliphatic heterocycles. The van der Waals surface area contributed by atoms with Crippen LogP contribution in [0.3, 0.4) is 0 Å². The number of nitriles is 1. The first kappa shape index (κ1) is 9.95. The van der Waals surface area contributed by atoms with E-state index in [1.165, 1.54) is 32.1 Å². The third-order valence-electron chi connectivity index (χ3n) is 3.36. The third kappa shape index (κ3) is 2.08. The molecule has 0 aromatic heterocycles. The van der Waals surface area contributed by atoms with Crippen LogP contribution >= 0.6 is 0 Å². The van der Waals surface area contributed by atoms with Crippen LogP contribution in [0.1, 0.15) is 32.1 Å². The minimum atomic E-state index is 0.00634. The van der Waals surface area contributed by atoms with Gasteiger partial charge in [-0.15, -0.1) is 0 Å². The number of hydrogen-bond donors (Lipinski definition) is 0. The summed E-state index contributed by atoms with van der Waals surface area (Å²) >= 11 is 0. The van der Waals surface area contributed by atoms with Gasteiger partial charge in [0.15, 0.2) is 0 Å². The van der Waals surface area contributed by atoms with Gasteiger partial charge in [-0.25, -0.2) is 0 Å². The molecule has 1 unspecified atom stereocenters. The highest BCUT2D eigenvalue weighted by atomic mass is 16.5. The van der Waals surface area contributed by atoms with Gasteiger partial charge in [0.05, 0.1) is 19.3 Å². The van der Waals surface area contributed by atoms with Crippen molar-refractivity contribution in [1.29, 1.82) is 5.26 Å². The van der Waals surface area contributed by atoms with Crippen LogP contribution in [0.15, 0.2) is 0 Å². The van der Waals surface area contributed by atoms with E-state index in [0.29, 0.717) is 12.6 Å². The SMILES string of the molecule is N#CC1COCCN1C1CCCCC1. The number of nitrogens with zero attached hydrogens (tertiary/aromatic N) is 2.